The molecule has 0 spiro atoms. The Balaban J connectivity index is 1.67. The fourth-order valence-corrected chi connectivity index (χ4v) is 6.57. The molecular weight excluding hydrogens is 530 g/mol. The van der Waals surface area contributed by atoms with Crippen LogP contribution in [0.15, 0.2) is 52.3 Å². The van der Waals surface area contributed by atoms with Crippen molar-refractivity contribution in [3.05, 3.63) is 64.5 Å². The predicted molar refractivity (Wildman–Crippen MR) is 153 cm³/mol. The second-order valence-corrected chi connectivity index (χ2v) is 11.6. The summed E-state index contributed by atoms with van der Waals surface area (Å²) >= 11 is 0. The van der Waals surface area contributed by atoms with Gasteiger partial charge < -0.3 is 9.64 Å². The van der Waals surface area contributed by atoms with Crippen LogP contribution < -0.4 is 10.3 Å². The molecule has 5 rings (SSSR count). The fraction of sp³-hybridized carbons (Fsp3) is 0.429. The topological polar surface area (TPSA) is 115 Å². The van der Waals surface area contributed by atoms with Gasteiger partial charge in [0.05, 0.1) is 22.9 Å². The number of nitrogens with zero attached hydrogens (tertiary/aromatic N) is 7. The van der Waals surface area contributed by atoms with Gasteiger partial charge in [0, 0.05) is 32.4 Å². The summed E-state index contributed by atoms with van der Waals surface area (Å²) in [5.41, 5.74) is 1.42. The summed E-state index contributed by atoms with van der Waals surface area (Å²) in [6.45, 7) is 11.1. The number of sulfonamides is 1. The first-order valence-corrected chi connectivity index (χ1v) is 15.2. The van der Waals surface area contributed by atoms with E-state index in [9.17, 15) is 13.2 Å². The molecule has 40 heavy (non-hydrogen) atoms. The third kappa shape index (κ3) is 5.02. The highest BCUT2D eigenvalue weighted by molar-refractivity contribution is 7.89. The summed E-state index contributed by atoms with van der Waals surface area (Å²) in [7, 11) is -3.78. The molecule has 0 radical (unpaired) electrons. The molecule has 0 saturated carbocycles. The van der Waals surface area contributed by atoms with Crippen molar-refractivity contribution in [2.24, 2.45) is 0 Å². The van der Waals surface area contributed by atoms with Crippen molar-refractivity contribution in [3.8, 4) is 17.3 Å². The van der Waals surface area contributed by atoms with E-state index in [0.717, 1.165) is 18.7 Å². The van der Waals surface area contributed by atoms with E-state index in [1.807, 2.05) is 25.1 Å². The lowest BCUT2D eigenvalue weighted by Crippen LogP contribution is -2.48. The van der Waals surface area contributed by atoms with Gasteiger partial charge in [0.1, 0.15) is 17.1 Å². The minimum atomic E-state index is -3.78. The number of hydrogen-bond donors (Lipinski definition) is 0. The largest absolute Gasteiger partial charge is 0.492 e. The molecule has 4 aromatic rings. The molecular formula is C28H35N7O4S. The lowest BCUT2D eigenvalue weighted by Gasteiger charge is -2.33. The Kier molecular flexibility index (Phi) is 8.02. The molecule has 1 aliphatic heterocycles. The van der Waals surface area contributed by atoms with Gasteiger partial charge in [-0.2, -0.15) is 9.40 Å². The number of likely N-dealkylation sites (N-methyl/N-ethyl adjacent to an activating group) is 1. The molecule has 1 aromatic carbocycles. The highest BCUT2D eigenvalue weighted by Gasteiger charge is 2.30. The van der Waals surface area contributed by atoms with Gasteiger partial charge in [-0.05, 0) is 57.1 Å². The van der Waals surface area contributed by atoms with Crippen LogP contribution in [0.25, 0.3) is 22.5 Å². The maximum Gasteiger partial charge on any atom is 0.286 e. The zero-order chi connectivity index (χ0) is 28.4. The molecule has 0 N–H and O–H groups in total. The average molecular weight is 566 g/mol. The van der Waals surface area contributed by atoms with Crippen LogP contribution in [0.3, 0.4) is 0 Å². The van der Waals surface area contributed by atoms with Gasteiger partial charge in [-0.1, -0.05) is 26.3 Å². The van der Waals surface area contributed by atoms with E-state index in [1.54, 1.807) is 23.9 Å². The first kappa shape index (κ1) is 27.9. The van der Waals surface area contributed by atoms with Crippen LogP contribution in [-0.4, -0.2) is 81.3 Å². The van der Waals surface area contributed by atoms with E-state index < -0.39 is 15.6 Å². The molecule has 1 saturated heterocycles. The fourth-order valence-electron chi connectivity index (χ4n) is 5.13. The number of piperazine rings is 1. The van der Waals surface area contributed by atoms with E-state index >= 15 is 0 Å². The number of hydrogen-bond acceptors (Lipinski definition) is 8. The van der Waals surface area contributed by atoms with E-state index in [2.05, 4.69) is 28.8 Å². The molecule has 11 nitrogen and oxygen atoms in total. The summed E-state index contributed by atoms with van der Waals surface area (Å²) in [5, 5.41) is 4.65. The van der Waals surface area contributed by atoms with Crippen molar-refractivity contribution in [2.75, 3.05) is 39.3 Å². The van der Waals surface area contributed by atoms with Crippen LogP contribution in [0.1, 0.15) is 38.7 Å². The van der Waals surface area contributed by atoms with Crippen molar-refractivity contribution < 1.29 is 13.2 Å². The van der Waals surface area contributed by atoms with Gasteiger partial charge >= 0.3 is 0 Å². The Bertz CT molecular complexity index is 1670. The van der Waals surface area contributed by atoms with Crippen LogP contribution in [0.2, 0.25) is 0 Å². The van der Waals surface area contributed by atoms with E-state index in [1.165, 1.54) is 21.0 Å². The molecule has 1 aliphatic rings. The molecule has 4 heterocycles. The third-order valence-corrected chi connectivity index (χ3v) is 9.09. The van der Waals surface area contributed by atoms with E-state index in [0.29, 0.717) is 67.8 Å². The first-order chi connectivity index (χ1) is 19.3. The number of pyridine rings is 1. The highest BCUT2D eigenvalue weighted by Crippen LogP contribution is 2.29. The van der Waals surface area contributed by atoms with Crippen molar-refractivity contribution in [2.45, 2.75) is 45.4 Å². The Hall–Kier alpha value is -3.61. The van der Waals surface area contributed by atoms with E-state index in [4.69, 9.17) is 9.72 Å². The monoisotopic (exact) mass is 565 g/mol. The van der Waals surface area contributed by atoms with Crippen LogP contribution in [0, 0.1) is 6.92 Å². The second-order valence-electron chi connectivity index (χ2n) is 9.69. The van der Waals surface area contributed by atoms with E-state index in [-0.39, 0.29) is 10.4 Å². The van der Waals surface area contributed by atoms with Crippen molar-refractivity contribution in [3.63, 3.8) is 0 Å². The van der Waals surface area contributed by atoms with Gasteiger partial charge in [-0.3, -0.25) is 9.36 Å². The molecule has 0 bridgehead atoms. The summed E-state index contributed by atoms with van der Waals surface area (Å²) in [6.07, 6.45) is 3.17. The Morgan fingerprint density at radius 1 is 1.00 bits per heavy atom. The van der Waals surface area contributed by atoms with Crippen molar-refractivity contribution in [1.82, 2.24) is 33.5 Å². The number of aryl methyl sites for hydroxylation is 2. The number of aromatic nitrogens is 5. The molecule has 212 valence electrons. The second kappa shape index (κ2) is 11.5. The van der Waals surface area contributed by atoms with Gasteiger partial charge in [0.25, 0.3) is 5.56 Å². The molecule has 0 atom stereocenters. The molecule has 12 heteroatoms. The number of ether oxygens (including phenoxy) is 1. The van der Waals surface area contributed by atoms with Crippen LogP contribution in [0.4, 0.5) is 0 Å². The number of fused-ring (bicyclic) bond motifs is 1. The zero-order valence-electron chi connectivity index (χ0n) is 23.4. The lowest BCUT2D eigenvalue weighted by atomic mass is 10.2. The summed E-state index contributed by atoms with van der Waals surface area (Å²) in [4.78, 5) is 25.6. The molecule has 0 aliphatic carbocycles. The molecule has 3 aromatic heterocycles. The normalized spacial score (nSPS) is 15.1. The Morgan fingerprint density at radius 3 is 2.42 bits per heavy atom. The maximum absolute atomic E-state index is 14.0. The van der Waals surface area contributed by atoms with Crippen molar-refractivity contribution in [1.29, 1.82) is 0 Å². The quantitative estimate of drug-likeness (QED) is 0.304. The zero-order valence-corrected chi connectivity index (χ0v) is 24.2. The summed E-state index contributed by atoms with van der Waals surface area (Å²) < 4.78 is 37.7. The highest BCUT2D eigenvalue weighted by atomic mass is 32.2. The van der Waals surface area contributed by atoms with Gasteiger partial charge in [-0.15, -0.1) is 0 Å². The van der Waals surface area contributed by atoms with Gasteiger partial charge in [-0.25, -0.2) is 23.1 Å². The Labute approximate surface area is 234 Å². The molecule has 1 fully saturated rings. The maximum atomic E-state index is 14.0. The smallest absolute Gasteiger partial charge is 0.286 e. The number of rotatable bonds is 9. The minimum Gasteiger partial charge on any atom is -0.492 e. The van der Waals surface area contributed by atoms with Gasteiger partial charge in [0.2, 0.25) is 10.0 Å². The predicted octanol–water partition coefficient (Wildman–Crippen LogP) is 2.95. The van der Waals surface area contributed by atoms with Gasteiger partial charge in [0.15, 0.2) is 11.3 Å². The molecule has 0 unspecified atom stereocenters. The van der Waals surface area contributed by atoms with Crippen LogP contribution in [-0.2, 0) is 16.4 Å². The Morgan fingerprint density at radius 2 is 1.77 bits per heavy atom. The average Bonchev–Trinajstić information content (AvgIpc) is 3.32. The summed E-state index contributed by atoms with van der Waals surface area (Å²) in [5.74, 6) is 1.39. The number of benzene rings is 1. The molecule has 0 amide bonds. The first-order valence-electron chi connectivity index (χ1n) is 13.7. The van der Waals surface area contributed by atoms with Crippen LogP contribution >= 0.6 is 0 Å². The minimum absolute atomic E-state index is 0.105. The van der Waals surface area contributed by atoms with Crippen molar-refractivity contribution >= 4 is 21.1 Å². The summed E-state index contributed by atoms with van der Waals surface area (Å²) in [6, 6.07) is 10.2. The third-order valence-electron chi connectivity index (χ3n) is 7.20. The SMILES string of the molecule is CCCc1c2nc(C)n(-c3cc(S(=O)(=O)N4CCN(CC)CC4)ccc3OCC)c(=O)c2nn1-c1ccccn1. The lowest BCUT2D eigenvalue weighted by molar-refractivity contribution is 0.196. The standard InChI is InChI=1S/C28H35N7O4S/c1-5-10-22-26-27(31-35(22)25-11-8-9-14-29-25)28(36)34(20(4)30-26)23-19-21(12-13-24(23)39-7-3)40(37,38)33-17-15-32(6-2)16-18-33/h8-9,11-14,19H,5-7,10,15-18H2,1-4H3. The van der Waals surface area contributed by atoms with Crippen LogP contribution in [0.5, 0.6) is 5.75 Å².